The number of carbonyl (C=O) groups is 4. The minimum Gasteiger partial charge on any atom is -0.269 e. The first-order valence-electron chi connectivity index (χ1n) is 15.1. The molecule has 0 spiro atoms. The number of imide groups is 2. The number of alkyl halides is 14. The van der Waals surface area contributed by atoms with Gasteiger partial charge < -0.3 is 0 Å². The van der Waals surface area contributed by atoms with E-state index in [1.54, 1.807) is 12.1 Å². The van der Waals surface area contributed by atoms with Crippen molar-refractivity contribution in [2.45, 2.75) is 36.0 Å². The Morgan fingerprint density at radius 2 is 0.768 bits per heavy atom. The van der Waals surface area contributed by atoms with Gasteiger partial charge in [0, 0.05) is 38.1 Å². The first kappa shape index (κ1) is 38.0. The molecule has 0 radical (unpaired) electrons. The minimum atomic E-state index is -6.84. The summed E-state index contributed by atoms with van der Waals surface area (Å²) in [5.41, 5.74) is -4.26. The Balaban J connectivity index is 1.49. The zero-order chi connectivity index (χ0) is 41.6. The molecule has 2 aliphatic heterocycles. The minimum absolute atomic E-state index is 0.154. The van der Waals surface area contributed by atoms with E-state index in [2.05, 4.69) is 0 Å². The predicted molar refractivity (Wildman–Crippen MR) is 160 cm³/mol. The summed E-state index contributed by atoms with van der Waals surface area (Å²) in [6.07, 6.45) is -13.6. The average Bonchev–Trinajstić information content (AvgIpc) is 3.10. The summed E-state index contributed by atoms with van der Waals surface area (Å²) >= 11 is 0. The van der Waals surface area contributed by atoms with Crippen LogP contribution < -0.4 is 0 Å². The maximum Gasteiger partial charge on any atom is 0.459 e. The number of nitrogens with zero attached hydrogens (tertiary/aromatic N) is 4. The van der Waals surface area contributed by atoms with Crippen molar-refractivity contribution in [1.82, 2.24) is 9.80 Å². The van der Waals surface area contributed by atoms with E-state index in [0.717, 1.165) is 24.3 Å². The van der Waals surface area contributed by atoms with Crippen LogP contribution in [-0.2, 0) is 0 Å². The van der Waals surface area contributed by atoms with Crippen LogP contribution in [0.2, 0.25) is 0 Å². The number of amides is 4. The monoisotopic (exact) mass is 804 g/mol. The Morgan fingerprint density at radius 3 is 1.09 bits per heavy atom. The van der Waals surface area contributed by atoms with Crippen molar-refractivity contribution in [2.24, 2.45) is 0 Å². The number of nitriles is 2. The van der Waals surface area contributed by atoms with Crippen LogP contribution in [0.3, 0.4) is 0 Å². The molecule has 0 saturated heterocycles. The van der Waals surface area contributed by atoms with Crippen molar-refractivity contribution in [3.05, 3.63) is 69.8 Å². The van der Waals surface area contributed by atoms with Crippen LogP contribution in [0.4, 0.5) is 61.5 Å². The molecule has 0 atom stereocenters. The lowest BCUT2D eigenvalue weighted by Gasteiger charge is -2.35. The normalized spacial score (nSPS) is 15.9. The number of carbonyl (C=O) groups excluding carboxylic acids is 4. The number of halogens is 14. The van der Waals surface area contributed by atoms with Crippen molar-refractivity contribution < 1.29 is 80.6 Å². The van der Waals surface area contributed by atoms with Gasteiger partial charge in [0.1, 0.15) is 0 Å². The van der Waals surface area contributed by atoms with E-state index in [1.807, 2.05) is 0 Å². The van der Waals surface area contributed by atoms with Gasteiger partial charge in [0.25, 0.3) is 23.6 Å². The molecule has 0 bridgehead atoms. The lowest BCUT2D eigenvalue weighted by atomic mass is 9.79. The lowest BCUT2D eigenvalue weighted by molar-refractivity contribution is -0.354. The Kier molecular flexibility index (Phi) is 7.55. The van der Waals surface area contributed by atoms with Crippen molar-refractivity contribution in [2.75, 3.05) is 13.1 Å². The molecule has 0 aromatic heterocycles. The smallest absolute Gasteiger partial charge is 0.269 e. The topological polar surface area (TPSA) is 122 Å². The van der Waals surface area contributed by atoms with Crippen molar-refractivity contribution in [3.63, 3.8) is 0 Å². The number of hydrogen-bond acceptors (Lipinski definition) is 6. The second-order valence-electron chi connectivity index (χ2n) is 12.7. The van der Waals surface area contributed by atoms with Crippen molar-refractivity contribution >= 4 is 66.7 Å². The van der Waals surface area contributed by atoms with Gasteiger partial charge in [0.05, 0.1) is 47.5 Å². The summed E-state index contributed by atoms with van der Waals surface area (Å²) in [4.78, 5) is 52.8. The highest BCUT2D eigenvalue weighted by Gasteiger charge is 2.74. The highest BCUT2D eigenvalue weighted by molar-refractivity contribution is 6.42. The number of benzene rings is 5. The SMILES string of the molecule is N#Cc1cc2c3c(cc(C#N)c4c5ccc6c7c(ccc(c1c34)c75)C(=O)N(CC(F)(F)C(F)(F)C(F)(F)F)C6=O)C(=O)N(CC(F)(F)C(F)(F)C(F)(F)F)C2=O. The van der Waals surface area contributed by atoms with Crippen molar-refractivity contribution in [1.29, 1.82) is 10.5 Å². The zero-order valence-corrected chi connectivity index (χ0v) is 26.6. The van der Waals surface area contributed by atoms with Gasteiger partial charge in [-0.3, -0.25) is 29.0 Å². The summed E-state index contributed by atoms with van der Waals surface area (Å²) in [5, 5.41) is 18.1. The third-order valence-electron chi connectivity index (χ3n) is 9.59. The third kappa shape index (κ3) is 4.64. The van der Waals surface area contributed by atoms with E-state index in [-0.39, 0.29) is 32.3 Å². The fraction of sp³-hybridized carbons (Fsp3) is 0.235. The second kappa shape index (κ2) is 11.1. The summed E-state index contributed by atoms with van der Waals surface area (Å²) < 4.78 is 191. The van der Waals surface area contributed by atoms with Gasteiger partial charge in [-0.05, 0) is 40.4 Å². The molecule has 0 saturated carbocycles. The Morgan fingerprint density at radius 1 is 0.446 bits per heavy atom. The fourth-order valence-electron chi connectivity index (χ4n) is 7.04. The largest absolute Gasteiger partial charge is 0.459 e. The first-order chi connectivity index (χ1) is 25.7. The van der Waals surface area contributed by atoms with Gasteiger partial charge in [-0.25, -0.2) is 0 Å². The molecule has 5 aromatic rings. The molecule has 0 fully saturated rings. The van der Waals surface area contributed by atoms with E-state index in [1.165, 1.54) is 0 Å². The Bertz CT molecular complexity index is 2620. The maximum absolute atomic E-state index is 14.5. The number of hydrogen-bond donors (Lipinski definition) is 0. The lowest BCUT2D eigenvalue weighted by Crippen LogP contribution is -2.59. The molecule has 0 unspecified atom stereocenters. The molecule has 5 aromatic carbocycles. The van der Waals surface area contributed by atoms with Crippen LogP contribution >= 0.6 is 0 Å². The van der Waals surface area contributed by atoms with Gasteiger partial charge in [-0.15, -0.1) is 0 Å². The van der Waals surface area contributed by atoms with Crippen LogP contribution in [0, 0.1) is 22.7 Å². The van der Waals surface area contributed by atoms with Gasteiger partial charge >= 0.3 is 36.0 Å². The van der Waals surface area contributed by atoms with Gasteiger partial charge in [0.15, 0.2) is 0 Å². The van der Waals surface area contributed by atoms with Crippen molar-refractivity contribution in [3.8, 4) is 12.1 Å². The van der Waals surface area contributed by atoms with E-state index >= 15 is 0 Å². The van der Waals surface area contributed by atoms with Crippen LogP contribution in [0.25, 0.3) is 43.1 Å². The Hall–Kier alpha value is -6.32. The quantitative estimate of drug-likeness (QED) is 0.0737. The van der Waals surface area contributed by atoms with Crippen LogP contribution in [-0.4, -0.2) is 82.6 Å². The molecule has 288 valence electrons. The number of fused-ring (bicyclic) bond motifs is 2. The first-order valence-corrected chi connectivity index (χ1v) is 15.1. The predicted octanol–water partition coefficient (Wildman–Crippen LogP) is 8.34. The molecule has 8 nitrogen and oxygen atoms in total. The van der Waals surface area contributed by atoms with E-state index in [9.17, 15) is 91.2 Å². The van der Waals surface area contributed by atoms with Gasteiger partial charge in [-0.2, -0.15) is 72.0 Å². The molecule has 0 N–H and O–H groups in total. The summed E-state index contributed by atoms with van der Waals surface area (Å²) in [5.74, 6) is -32.8. The average molecular weight is 804 g/mol. The Labute approximate surface area is 299 Å². The van der Waals surface area contributed by atoms with E-state index in [4.69, 9.17) is 0 Å². The highest BCUT2D eigenvalue weighted by atomic mass is 19.4. The molecule has 7 rings (SSSR count). The van der Waals surface area contributed by atoms with E-state index in [0.29, 0.717) is 12.1 Å². The van der Waals surface area contributed by atoms with Gasteiger partial charge in [0.2, 0.25) is 0 Å². The molecule has 4 amide bonds. The maximum atomic E-state index is 14.5. The fourth-order valence-corrected chi connectivity index (χ4v) is 7.04. The summed E-state index contributed by atoms with van der Waals surface area (Å²) in [6.45, 7) is -5.54. The number of rotatable bonds is 6. The zero-order valence-electron chi connectivity index (χ0n) is 26.6. The molecule has 2 aliphatic rings. The molecular formula is C34H10F14N4O4. The van der Waals surface area contributed by atoms with Gasteiger partial charge in [-0.1, -0.05) is 12.1 Å². The van der Waals surface area contributed by atoms with Crippen LogP contribution in [0.5, 0.6) is 0 Å². The standard InChI is InChI=1S/C34H10F14N4O4/c35-29(36,31(39,40)33(43,44)45)9-51-25(53)15-3-1-13-19-11(7-49)5-17-23-18(28(56)52(27(17)55)10-30(37,38)32(41,42)34(46,47)48)6-12(8-50)20(24(19)23)14-2-4-16(26(51)54)22(15)21(13)14/h1-6H,9-10H2. The highest BCUT2D eigenvalue weighted by Crippen LogP contribution is 2.52. The molecule has 0 aliphatic carbocycles. The van der Waals surface area contributed by atoms with Crippen LogP contribution in [0.15, 0.2) is 36.4 Å². The summed E-state index contributed by atoms with van der Waals surface area (Å²) in [7, 11) is 0. The third-order valence-corrected chi connectivity index (χ3v) is 9.59. The van der Waals surface area contributed by atoms with E-state index < -0.39 is 127 Å². The second-order valence-corrected chi connectivity index (χ2v) is 12.7. The molecular weight excluding hydrogens is 794 g/mol. The molecule has 22 heteroatoms. The van der Waals surface area contributed by atoms with Crippen LogP contribution in [0.1, 0.15) is 52.6 Å². The molecule has 56 heavy (non-hydrogen) atoms. The summed E-state index contributed by atoms with van der Waals surface area (Å²) in [6, 6.07) is 8.29. The molecule has 2 heterocycles.